The van der Waals surface area contributed by atoms with Crippen LogP contribution in [-0.4, -0.2) is 50.5 Å². The Kier molecular flexibility index (Phi) is 12.9. The van der Waals surface area contributed by atoms with Crippen LogP contribution in [0.15, 0.2) is 34.2 Å². The third-order valence-corrected chi connectivity index (χ3v) is 5.88. The van der Waals surface area contributed by atoms with Gasteiger partial charge in [0.25, 0.3) is 0 Å². The molecule has 0 atom stereocenters. The van der Waals surface area contributed by atoms with Gasteiger partial charge in [0.05, 0.1) is 17.9 Å². The standard InChI is InChI=1S/C19H32FN3O3S.HI/c1-4-11-19(24,12-5-2)15-23-18(21-6-3)22-13-14-27(25,26)17-10-8-7-9-16(17)20;/h7-10,24H,4-6,11-15H2,1-3H3,(H2,21,22,23);1H. The van der Waals surface area contributed by atoms with E-state index in [1.54, 1.807) is 0 Å². The number of nitrogens with one attached hydrogen (secondary N) is 2. The Labute approximate surface area is 185 Å². The second-order valence-corrected chi connectivity index (χ2v) is 8.67. The van der Waals surface area contributed by atoms with Crippen LogP contribution in [0.4, 0.5) is 4.39 Å². The van der Waals surface area contributed by atoms with Gasteiger partial charge in [-0.1, -0.05) is 38.8 Å². The first-order valence-corrected chi connectivity index (χ1v) is 11.1. The van der Waals surface area contributed by atoms with Crippen LogP contribution in [0.2, 0.25) is 0 Å². The van der Waals surface area contributed by atoms with Crippen LogP contribution < -0.4 is 10.6 Å². The highest BCUT2D eigenvalue weighted by molar-refractivity contribution is 14.0. The first kappa shape index (κ1) is 27.1. The lowest BCUT2D eigenvalue weighted by Crippen LogP contribution is -2.41. The van der Waals surface area contributed by atoms with Crippen molar-refractivity contribution in [2.24, 2.45) is 4.99 Å². The fourth-order valence-corrected chi connectivity index (χ4v) is 4.13. The molecule has 0 aliphatic rings. The van der Waals surface area contributed by atoms with Gasteiger partial charge in [-0.15, -0.1) is 24.0 Å². The Morgan fingerprint density at radius 2 is 1.75 bits per heavy atom. The SMILES string of the molecule is CCCC(O)(CCC)CN=C(NCC)NCCS(=O)(=O)c1ccccc1F.I. The molecule has 9 heteroatoms. The highest BCUT2D eigenvalue weighted by Gasteiger charge is 2.24. The number of rotatable bonds is 11. The molecule has 0 unspecified atom stereocenters. The summed E-state index contributed by atoms with van der Waals surface area (Å²) in [5, 5.41) is 16.6. The van der Waals surface area contributed by atoms with E-state index in [0.29, 0.717) is 25.3 Å². The molecule has 0 heterocycles. The van der Waals surface area contributed by atoms with Crippen LogP contribution >= 0.6 is 24.0 Å². The van der Waals surface area contributed by atoms with Gasteiger partial charge in [0.15, 0.2) is 15.8 Å². The van der Waals surface area contributed by atoms with Gasteiger partial charge in [0.2, 0.25) is 0 Å². The monoisotopic (exact) mass is 529 g/mol. The fourth-order valence-electron chi connectivity index (χ4n) is 2.89. The van der Waals surface area contributed by atoms with Crippen LogP contribution in [-0.2, 0) is 9.84 Å². The Hall–Kier alpha value is -0.940. The van der Waals surface area contributed by atoms with E-state index in [1.165, 1.54) is 18.2 Å². The molecule has 0 amide bonds. The summed E-state index contributed by atoms with van der Waals surface area (Å²) < 4.78 is 38.3. The maximum Gasteiger partial charge on any atom is 0.191 e. The minimum Gasteiger partial charge on any atom is -0.388 e. The number of hydrogen-bond acceptors (Lipinski definition) is 4. The number of halogens is 2. The quantitative estimate of drug-likeness (QED) is 0.233. The first-order valence-electron chi connectivity index (χ1n) is 9.49. The number of sulfone groups is 1. The van der Waals surface area contributed by atoms with Gasteiger partial charge in [0, 0.05) is 13.1 Å². The number of nitrogens with zero attached hydrogens (tertiary/aromatic N) is 1. The van der Waals surface area contributed by atoms with E-state index in [4.69, 9.17) is 0 Å². The zero-order chi connectivity index (χ0) is 20.3. The van der Waals surface area contributed by atoms with Gasteiger partial charge < -0.3 is 15.7 Å². The van der Waals surface area contributed by atoms with Crippen LogP contribution in [0, 0.1) is 5.82 Å². The predicted octanol–water partition coefficient (Wildman–Crippen LogP) is 3.10. The second-order valence-electron chi connectivity index (χ2n) is 6.60. The Bertz CT molecular complexity index is 708. The van der Waals surface area contributed by atoms with E-state index >= 15 is 0 Å². The van der Waals surface area contributed by atoms with Crippen molar-refractivity contribution in [1.82, 2.24) is 10.6 Å². The van der Waals surface area contributed by atoms with Crippen molar-refractivity contribution in [3.63, 3.8) is 0 Å². The smallest absolute Gasteiger partial charge is 0.191 e. The molecule has 3 N–H and O–H groups in total. The molecule has 0 radical (unpaired) electrons. The lowest BCUT2D eigenvalue weighted by Gasteiger charge is -2.26. The van der Waals surface area contributed by atoms with Crippen LogP contribution in [0.3, 0.4) is 0 Å². The zero-order valence-corrected chi connectivity index (χ0v) is 20.0. The molecule has 0 bridgehead atoms. The average molecular weight is 529 g/mol. The van der Waals surface area contributed by atoms with E-state index in [0.717, 1.165) is 18.9 Å². The van der Waals surface area contributed by atoms with Crippen molar-refractivity contribution in [1.29, 1.82) is 0 Å². The van der Waals surface area contributed by atoms with Crippen molar-refractivity contribution >= 4 is 39.8 Å². The normalized spacial score (nSPS) is 12.4. The number of benzene rings is 1. The highest BCUT2D eigenvalue weighted by atomic mass is 127. The van der Waals surface area contributed by atoms with E-state index in [9.17, 15) is 17.9 Å². The van der Waals surface area contributed by atoms with Crippen LogP contribution in [0.5, 0.6) is 0 Å². The van der Waals surface area contributed by atoms with Crippen LogP contribution in [0.1, 0.15) is 46.5 Å². The molecule has 1 aromatic carbocycles. The van der Waals surface area contributed by atoms with E-state index in [1.807, 2.05) is 20.8 Å². The molecule has 0 aliphatic carbocycles. The highest BCUT2D eigenvalue weighted by Crippen LogP contribution is 2.20. The molecular weight excluding hydrogens is 496 g/mol. The maximum atomic E-state index is 13.7. The first-order chi connectivity index (χ1) is 12.8. The molecule has 0 spiro atoms. The topological polar surface area (TPSA) is 90.8 Å². The molecule has 0 fully saturated rings. The summed E-state index contributed by atoms with van der Waals surface area (Å²) in [4.78, 5) is 4.11. The van der Waals surface area contributed by atoms with Crippen molar-refractivity contribution in [3.05, 3.63) is 30.1 Å². The summed E-state index contributed by atoms with van der Waals surface area (Å²) in [5.74, 6) is -0.568. The molecule has 0 aromatic heterocycles. The molecule has 0 aliphatic heterocycles. The van der Waals surface area contributed by atoms with Crippen LogP contribution in [0.25, 0.3) is 0 Å². The van der Waals surface area contributed by atoms with Gasteiger partial charge >= 0.3 is 0 Å². The van der Waals surface area contributed by atoms with Gasteiger partial charge in [-0.2, -0.15) is 0 Å². The molecule has 1 rings (SSSR count). The summed E-state index contributed by atoms with van der Waals surface area (Å²) in [6.45, 7) is 6.86. The number of aliphatic hydroxyl groups is 1. The minimum absolute atomic E-state index is 0. The predicted molar refractivity (Wildman–Crippen MR) is 123 cm³/mol. The molecule has 162 valence electrons. The van der Waals surface area contributed by atoms with Gasteiger partial charge in [-0.3, -0.25) is 4.99 Å². The molecule has 28 heavy (non-hydrogen) atoms. The maximum absolute atomic E-state index is 13.7. The minimum atomic E-state index is -3.73. The lowest BCUT2D eigenvalue weighted by molar-refractivity contribution is 0.0306. The molecule has 6 nitrogen and oxygen atoms in total. The van der Waals surface area contributed by atoms with E-state index < -0.39 is 21.3 Å². The van der Waals surface area contributed by atoms with Crippen molar-refractivity contribution in [2.75, 3.05) is 25.4 Å². The second kappa shape index (κ2) is 13.3. The summed E-state index contributed by atoms with van der Waals surface area (Å²) >= 11 is 0. The Morgan fingerprint density at radius 3 is 2.29 bits per heavy atom. The fraction of sp³-hybridized carbons (Fsp3) is 0.632. The molecule has 1 aromatic rings. The van der Waals surface area contributed by atoms with E-state index in [-0.39, 0.29) is 47.7 Å². The number of aliphatic imine (C=N–C) groups is 1. The number of guanidine groups is 1. The third-order valence-electron chi connectivity index (χ3n) is 4.14. The number of hydrogen-bond donors (Lipinski definition) is 3. The lowest BCUT2D eigenvalue weighted by atomic mass is 9.93. The molecule has 0 saturated heterocycles. The summed E-state index contributed by atoms with van der Waals surface area (Å²) in [6.07, 6.45) is 3.03. The van der Waals surface area contributed by atoms with Crippen molar-refractivity contribution < 1.29 is 17.9 Å². The molecular formula is C19H33FIN3O3S. The largest absolute Gasteiger partial charge is 0.388 e. The third kappa shape index (κ3) is 9.04. The average Bonchev–Trinajstić information content (AvgIpc) is 2.60. The Morgan fingerprint density at radius 1 is 1.14 bits per heavy atom. The van der Waals surface area contributed by atoms with E-state index in [2.05, 4.69) is 15.6 Å². The van der Waals surface area contributed by atoms with Gasteiger partial charge in [-0.25, -0.2) is 12.8 Å². The van der Waals surface area contributed by atoms with Gasteiger partial charge in [-0.05, 0) is 31.9 Å². The molecule has 0 saturated carbocycles. The summed E-state index contributed by atoms with van der Waals surface area (Å²) in [7, 11) is -3.73. The zero-order valence-electron chi connectivity index (χ0n) is 16.9. The van der Waals surface area contributed by atoms with Crippen molar-refractivity contribution in [2.45, 2.75) is 57.0 Å². The summed E-state index contributed by atoms with van der Waals surface area (Å²) in [5.41, 5.74) is -0.856. The summed E-state index contributed by atoms with van der Waals surface area (Å²) in [6, 6.07) is 5.35. The van der Waals surface area contributed by atoms with Crippen molar-refractivity contribution in [3.8, 4) is 0 Å². The van der Waals surface area contributed by atoms with Gasteiger partial charge in [0.1, 0.15) is 10.7 Å². The Balaban J connectivity index is 0.00000729.